The second kappa shape index (κ2) is 6.27. The van der Waals surface area contributed by atoms with E-state index in [9.17, 15) is 22.0 Å². The van der Waals surface area contributed by atoms with Gasteiger partial charge in [0.15, 0.2) is 0 Å². The Morgan fingerprint density at radius 3 is 2.30 bits per heavy atom. The van der Waals surface area contributed by atoms with E-state index >= 15 is 0 Å². The third-order valence-electron chi connectivity index (χ3n) is 2.71. The first kappa shape index (κ1) is 16.5. The van der Waals surface area contributed by atoms with Gasteiger partial charge in [-0.15, -0.1) is 0 Å². The van der Waals surface area contributed by atoms with Crippen molar-refractivity contribution in [1.82, 2.24) is 0 Å². The van der Waals surface area contributed by atoms with Crippen LogP contribution in [0.25, 0.3) is 0 Å². The molecular weight excluding hydrogens is 290 g/mol. The number of carbonyl (C=O) groups excluding carboxylic acids is 1. The minimum Gasteiger partial charge on any atom is -0.324 e. The van der Waals surface area contributed by atoms with Crippen LogP contribution in [0.3, 0.4) is 0 Å². The Morgan fingerprint density at radius 1 is 1.25 bits per heavy atom. The summed E-state index contributed by atoms with van der Waals surface area (Å²) in [6.07, 6.45) is 0. The molecule has 0 fully saturated rings. The van der Waals surface area contributed by atoms with Gasteiger partial charge in [-0.25, -0.2) is 8.42 Å². The van der Waals surface area contributed by atoms with Crippen LogP contribution in [-0.2, 0) is 14.6 Å². The number of benzene rings is 1. The molecule has 1 aromatic carbocycles. The molecule has 0 radical (unpaired) electrons. The van der Waals surface area contributed by atoms with E-state index < -0.39 is 32.4 Å². The maximum Gasteiger partial charge on any atom is 0.341 e. The summed E-state index contributed by atoms with van der Waals surface area (Å²) in [5, 5.41) is 2.28. The molecule has 1 amide bonds. The quantitative estimate of drug-likeness (QED) is 0.865. The van der Waals surface area contributed by atoms with Crippen LogP contribution >= 0.6 is 0 Å². The van der Waals surface area contributed by atoms with E-state index in [2.05, 4.69) is 5.32 Å². The van der Waals surface area contributed by atoms with Crippen molar-refractivity contribution in [2.75, 3.05) is 5.32 Å². The molecule has 112 valence electrons. The van der Waals surface area contributed by atoms with Crippen LogP contribution in [0.15, 0.2) is 29.2 Å². The number of hydrogen-bond donors (Lipinski definition) is 2. The maximum absolute atomic E-state index is 12.6. The molecule has 20 heavy (non-hydrogen) atoms. The third-order valence-corrected chi connectivity index (χ3v) is 4.15. The molecular formula is C12H16F2N2O3S. The Balaban J connectivity index is 3.13. The number of carbonyl (C=O) groups is 1. The molecule has 0 aromatic heterocycles. The molecule has 0 heterocycles. The molecule has 0 aliphatic heterocycles. The molecule has 0 saturated heterocycles. The summed E-state index contributed by atoms with van der Waals surface area (Å²) in [7, 11) is -4.79. The minimum atomic E-state index is -4.79. The molecule has 0 aliphatic rings. The molecule has 3 N–H and O–H groups in total. The van der Waals surface area contributed by atoms with Crippen LogP contribution < -0.4 is 11.1 Å². The van der Waals surface area contributed by atoms with Crippen molar-refractivity contribution in [3.8, 4) is 0 Å². The van der Waals surface area contributed by atoms with Gasteiger partial charge in [0.25, 0.3) is 0 Å². The lowest BCUT2D eigenvalue weighted by atomic mass is 10.1. The Bertz CT molecular complexity index is 588. The number of amides is 1. The zero-order valence-electron chi connectivity index (χ0n) is 11.0. The van der Waals surface area contributed by atoms with E-state index in [1.165, 1.54) is 18.2 Å². The van der Waals surface area contributed by atoms with Crippen molar-refractivity contribution in [2.45, 2.75) is 30.5 Å². The number of para-hydroxylation sites is 1. The fourth-order valence-electron chi connectivity index (χ4n) is 1.43. The van der Waals surface area contributed by atoms with Gasteiger partial charge in [-0.05, 0) is 18.1 Å². The van der Waals surface area contributed by atoms with Crippen molar-refractivity contribution >= 4 is 21.4 Å². The summed E-state index contributed by atoms with van der Waals surface area (Å²) in [6, 6.07) is 4.12. The fourth-order valence-corrected chi connectivity index (χ4v) is 2.32. The largest absolute Gasteiger partial charge is 0.341 e. The lowest BCUT2D eigenvalue weighted by Gasteiger charge is -2.17. The van der Waals surface area contributed by atoms with E-state index in [0.29, 0.717) is 0 Å². The summed E-state index contributed by atoms with van der Waals surface area (Å²) in [4.78, 5) is 11.2. The Hall–Kier alpha value is -1.54. The number of nitrogens with one attached hydrogen (secondary N) is 1. The van der Waals surface area contributed by atoms with Gasteiger partial charge in [-0.1, -0.05) is 26.0 Å². The predicted molar refractivity (Wildman–Crippen MR) is 71.1 cm³/mol. The number of halogens is 2. The molecule has 0 aliphatic carbocycles. The summed E-state index contributed by atoms with van der Waals surface area (Å²) >= 11 is 0. The minimum absolute atomic E-state index is 0.172. The highest BCUT2D eigenvalue weighted by Gasteiger charge is 2.30. The smallest absolute Gasteiger partial charge is 0.324 e. The second-order valence-electron chi connectivity index (χ2n) is 4.56. The summed E-state index contributed by atoms with van der Waals surface area (Å²) in [6.45, 7) is 3.43. The van der Waals surface area contributed by atoms with Crippen molar-refractivity contribution in [3.63, 3.8) is 0 Å². The highest BCUT2D eigenvalue weighted by molar-refractivity contribution is 7.91. The Morgan fingerprint density at radius 2 is 1.80 bits per heavy atom. The molecule has 5 nitrogen and oxygen atoms in total. The van der Waals surface area contributed by atoms with Crippen molar-refractivity contribution in [2.24, 2.45) is 11.7 Å². The SMILES string of the molecule is CC(C)[C@H](N)C(=O)Nc1ccccc1S(=O)(=O)C(F)F. The molecule has 1 aromatic rings. The molecule has 0 unspecified atom stereocenters. The molecule has 8 heteroatoms. The van der Waals surface area contributed by atoms with Gasteiger partial charge in [-0.2, -0.15) is 8.78 Å². The lowest BCUT2D eigenvalue weighted by Crippen LogP contribution is -2.40. The van der Waals surface area contributed by atoms with Crippen LogP contribution in [0, 0.1) is 5.92 Å². The normalized spacial score (nSPS) is 13.6. The second-order valence-corrected chi connectivity index (χ2v) is 6.45. The summed E-state index contributed by atoms with van der Waals surface area (Å²) in [5.74, 6) is -4.36. The lowest BCUT2D eigenvalue weighted by molar-refractivity contribution is -0.118. The zero-order valence-corrected chi connectivity index (χ0v) is 11.8. The van der Waals surface area contributed by atoms with E-state index in [0.717, 1.165) is 6.07 Å². The number of nitrogens with two attached hydrogens (primary N) is 1. The standard InChI is InChI=1S/C12H16F2N2O3S/c1-7(2)10(15)11(17)16-8-5-3-4-6-9(8)20(18,19)12(13)14/h3-7,10,12H,15H2,1-2H3,(H,16,17)/t10-/m0/s1. The number of anilines is 1. The Kier molecular flexibility index (Phi) is 5.18. The first-order valence-electron chi connectivity index (χ1n) is 5.85. The van der Waals surface area contributed by atoms with E-state index in [1.807, 2.05) is 0 Å². The zero-order chi connectivity index (χ0) is 15.5. The van der Waals surface area contributed by atoms with Crippen LogP contribution in [0.5, 0.6) is 0 Å². The maximum atomic E-state index is 12.6. The van der Waals surface area contributed by atoms with Crippen LogP contribution in [0.4, 0.5) is 14.5 Å². The fraction of sp³-hybridized carbons (Fsp3) is 0.417. The van der Waals surface area contributed by atoms with Gasteiger partial charge in [0, 0.05) is 0 Å². The van der Waals surface area contributed by atoms with E-state index in [4.69, 9.17) is 5.73 Å². The van der Waals surface area contributed by atoms with Gasteiger partial charge in [0.1, 0.15) is 0 Å². The van der Waals surface area contributed by atoms with Crippen molar-refractivity contribution in [3.05, 3.63) is 24.3 Å². The summed E-state index contributed by atoms with van der Waals surface area (Å²) < 4.78 is 48.2. The van der Waals surface area contributed by atoms with Gasteiger partial charge in [-0.3, -0.25) is 4.79 Å². The average Bonchev–Trinajstić information content (AvgIpc) is 2.37. The molecule has 1 atom stereocenters. The van der Waals surface area contributed by atoms with Crippen LogP contribution in [-0.4, -0.2) is 26.1 Å². The molecule has 0 bridgehead atoms. The number of hydrogen-bond acceptors (Lipinski definition) is 4. The number of alkyl halides is 2. The van der Waals surface area contributed by atoms with Crippen molar-refractivity contribution in [1.29, 1.82) is 0 Å². The van der Waals surface area contributed by atoms with Gasteiger partial charge < -0.3 is 11.1 Å². The van der Waals surface area contributed by atoms with Crippen LogP contribution in [0.2, 0.25) is 0 Å². The first-order valence-corrected chi connectivity index (χ1v) is 7.40. The summed E-state index contributed by atoms with van der Waals surface area (Å²) in [5.41, 5.74) is 5.42. The Labute approximate surface area is 116 Å². The first-order chi connectivity index (χ1) is 9.17. The molecule has 0 spiro atoms. The number of rotatable bonds is 5. The van der Waals surface area contributed by atoms with Gasteiger partial charge in [0.05, 0.1) is 16.6 Å². The predicted octanol–water partition coefficient (Wildman–Crippen LogP) is 1.60. The van der Waals surface area contributed by atoms with Crippen molar-refractivity contribution < 1.29 is 22.0 Å². The number of sulfone groups is 1. The van der Waals surface area contributed by atoms with Crippen LogP contribution in [0.1, 0.15) is 13.8 Å². The average molecular weight is 306 g/mol. The van der Waals surface area contributed by atoms with E-state index in [-0.39, 0.29) is 11.6 Å². The van der Waals surface area contributed by atoms with Gasteiger partial charge >= 0.3 is 5.76 Å². The highest BCUT2D eigenvalue weighted by atomic mass is 32.2. The van der Waals surface area contributed by atoms with E-state index in [1.54, 1.807) is 13.8 Å². The monoisotopic (exact) mass is 306 g/mol. The third kappa shape index (κ3) is 3.51. The van der Waals surface area contributed by atoms with Gasteiger partial charge in [0.2, 0.25) is 15.7 Å². The topological polar surface area (TPSA) is 89.3 Å². The molecule has 1 rings (SSSR count). The highest BCUT2D eigenvalue weighted by Crippen LogP contribution is 2.26. The molecule has 0 saturated carbocycles.